The summed E-state index contributed by atoms with van der Waals surface area (Å²) in [6, 6.07) is 11.0. The highest BCUT2D eigenvalue weighted by molar-refractivity contribution is 7.99. The summed E-state index contributed by atoms with van der Waals surface area (Å²) in [5, 5.41) is 16.0. The van der Waals surface area contributed by atoms with Crippen LogP contribution < -0.4 is 0 Å². The molecule has 0 saturated carbocycles. The average molecular weight is 363 g/mol. The van der Waals surface area contributed by atoms with Crippen molar-refractivity contribution in [1.82, 2.24) is 5.16 Å². The zero-order valence-electron chi connectivity index (χ0n) is 12.4. The van der Waals surface area contributed by atoms with Crippen molar-refractivity contribution in [3.8, 4) is 0 Å². The summed E-state index contributed by atoms with van der Waals surface area (Å²) in [4.78, 5) is 11.5. The molecule has 0 aliphatic carbocycles. The molecule has 24 heavy (non-hydrogen) atoms. The van der Waals surface area contributed by atoms with Crippen molar-refractivity contribution in [3.63, 3.8) is 0 Å². The number of nitrogens with zero attached hydrogens (tertiary/aromatic N) is 2. The molecule has 0 saturated heterocycles. The van der Waals surface area contributed by atoms with Crippen LogP contribution >= 0.6 is 23.4 Å². The minimum Gasteiger partial charge on any atom is -0.450 e. The molecule has 122 valence electrons. The number of furan rings is 1. The SMILES string of the molecule is Cc1noc(/C=C/c2ccc(Sc3ccc(Cl)cc3)o2)c1[N+](=O)[O-]. The fourth-order valence-corrected chi connectivity index (χ4v) is 2.87. The molecule has 1 aromatic carbocycles. The van der Waals surface area contributed by atoms with Gasteiger partial charge in [-0.05, 0) is 55.5 Å². The number of aryl methyl sites for hydroxylation is 1. The lowest BCUT2D eigenvalue weighted by Crippen LogP contribution is -1.89. The van der Waals surface area contributed by atoms with Crippen LogP contribution in [0.5, 0.6) is 0 Å². The van der Waals surface area contributed by atoms with Gasteiger partial charge in [0, 0.05) is 9.92 Å². The van der Waals surface area contributed by atoms with Crippen molar-refractivity contribution in [1.29, 1.82) is 0 Å². The first-order valence-corrected chi connectivity index (χ1v) is 8.04. The van der Waals surface area contributed by atoms with E-state index in [1.54, 1.807) is 24.3 Å². The Bertz CT molecular complexity index is 899. The number of hydrogen-bond acceptors (Lipinski definition) is 6. The van der Waals surface area contributed by atoms with E-state index in [9.17, 15) is 10.1 Å². The van der Waals surface area contributed by atoms with Gasteiger partial charge in [-0.1, -0.05) is 28.5 Å². The first kappa shape index (κ1) is 16.4. The second-order valence-corrected chi connectivity index (χ2v) is 6.30. The van der Waals surface area contributed by atoms with Crippen molar-refractivity contribution in [3.05, 3.63) is 68.7 Å². The molecule has 2 heterocycles. The fourth-order valence-electron chi connectivity index (χ4n) is 1.97. The van der Waals surface area contributed by atoms with E-state index in [-0.39, 0.29) is 17.1 Å². The van der Waals surface area contributed by atoms with E-state index in [1.165, 1.54) is 24.8 Å². The van der Waals surface area contributed by atoms with Gasteiger partial charge in [-0.2, -0.15) is 0 Å². The smallest absolute Gasteiger partial charge is 0.338 e. The number of nitro groups is 1. The molecule has 0 atom stereocenters. The maximum absolute atomic E-state index is 11.0. The second kappa shape index (κ2) is 6.94. The summed E-state index contributed by atoms with van der Waals surface area (Å²) in [6.45, 7) is 1.52. The Morgan fingerprint density at radius 3 is 2.67 bits per heavy atom. The summed E-state index contributed by atoms with van der Waals surface area (Å²) in [7, 11) is 0. The maximum Gasteiger partial charge on any atom is 0.338 e. The van der Waals surface area contributed by atoms with Gasteiger partial charge in [-0.15, -0.1) is 0 Å². The topological polar surface area (TPSA) is 82.3 Å². The first-order valence-electron chi connectivity index (χ1n) is 6.85. The van der Waals surface area contributed by atoms with Gasteiger partial charge in [-0.3, -0.25) is 10.1 Å². The van der Waals surface area contributed by atoms with Crippen molar-refractivity contribution in [2.75, 3.05) is 0 Å². The highest BCUT2D eigenvalue weighted by atomic mass is 35.5. The molecule has 0 aliphatic heterocycles. The normalized spacial score (nSPS) is 11.2. The van der Waals surface area contributed by atoms with E-state index < -0.39 is 4.92 Å². The van der Waals surface area contributed by atoms with Crippen LogP contribution in [0.1, 0.15) is 17.2 Å². The van der Waals surface area contributed by atoms with E-state index in [0.29, 0.717) is 15.9 Å². The number of rotatable bonds is 5. The van der Waals surface area contributed by atoms with Gasteiger partial charge < -0.3 is 8.94 Å². The first-order chi connectivity index (χ1) is 11.5. The van der Waals surface area contributed by atoms with Crippen molar-refractivity contribution in [2.24, 2.45) is 0 Å². The number of halogens is 1. The van der Waals surface area contributed by atoms with Gasteiger partial charge in [0.05, 0.1) is 4.92 Å². The van der Waals surface area contributed by atoms with Crippen LogP contribution in [0.25, 0.3) is 12.2 Å². The minimum absolute atomic E-state index is 0.0841. The number of hydrogen-bond donors (Lipinski definition) is 0. The van der Waals surface area contributed by atoms with Gasteiger partial charge in [0.1, 0.15) is 5.76 Å². The van der Waals surface area contributed by atoms with Gasteiger partial charge in [0.25, 0.3) is 0 Å². The molecule has 0 unspecified atom stereocenters. The third-order valence-corrected chi connectivity index (χ3v) is 4.25. The lowest BCUT2D eigenvalue weighted by molar-refractivity contribution is -0.386. The molecule has 0 radical (unpaired) electrons. The van der Waals surface area contributed by atoms with Crippen molar-refractivity contribution >= 4 is 41.2 Å². The Kier molecular flexibility index (Phi) is 4.73. The molecule has 0 amide bonds. The van der Waals surface area contributed by atoms with E-state index >= 15 is 0 Å². The molecule has 0 bridgehead atoms. The van der Waals surface area contributed by atoms with Crippen LogP contribution in [0.2, 0.25) is 5.02 Å². The molecule has 0 N–H and O–H groups in total. The lowest BCUT2D eigenvalue weighted by atomic mass is 10.3. The largest absolute Gasteiger partial charge is 0.450 e. The predicted octanol–water partition coefficient (Wildman–Crippen LogP) is 5.46. The highest BCUT2D eigenvalue weighted by Gasteiger charge is 2.22. The number of benzene rings is 1. The van der Waals surface area contributed by atoms with Crippen molar-refractivity contribution < 1.29 is 13.9 Å². The van der Waals surface area contributed by atoms with Crippen LogP contribution in [0.3, 0.4) is 0 Å². The average Bonchev–Trinajstić information content (AvgIpc) is 3.14. The third kappa shape index (κ3) is 3.69. The highest BCUT2D eigenvalue weighted by Crippen LogP contribution is 2.31. The van der Waals surface area contributed by atoms with Crippen LogP contribution in [0.4, 0.5) is 5.69 Å². The maximum atomic E-state index is 11.0. The van der Waals surface area contributed by atoms with Gasteiger partial charge in [0.2, 0.25) is 5.76 Å². The fraction of sp³-hybridized carbons (Fsp3) is 0.0625. The zero-order chi connectivity index (χ0) is 17.1. The van der Waals surface area contributed by atoms with Crippen LogP contribution in [0, 0.1) is 17.0 Å². The minimum atomic E-state index is -0.518. The zero-order valence-corrected chi connectivity index (χ0v) is 14.0. The van der Waals surface area contributed by atoms with E-state index in [4.69, 9.17) is 20.5 Å². The summed E-state index contributed by atoms with van der Waals surface area (Å²) in [5.74, 6) is 0.635. The van der Waals surface area contributed by atoms with Gasteiger partial charge >= 0.3 is 5.69 Å². The van der Waals surface area contributed by atoms with Gasteiger partial charge in [0.15, 0.2) is 10.8 Å². The van der Waals surface area contributed by atoms with Crippen LogP contribution in [-0.2, 0) is 0 Å². The Labute approximate surface area is 146 Å². The summed E-state index contributed by atoms with van der Waals surface area (Å²) in [6.07, 6.45) is 3.06. The third-order valence-electron chi connectivity index (χ3n) is 3.07. The molecular formula is C16H11ClN2O4S. The second-order valence-electron chi connectivity index (χ2n) is 4.78. The van der Waals surface area contributed by atoms with E-state index in [2.05, 4.69) is 5.16 Å². The monoisotopic (exact) mass is 362 g/mol. The predicted molar refractivity (Wildman–Crippen MR) is 91.1 cm³/mol. The molecule has 0 spiro atoms. The Hall–Kier alpha value is -2.51. The van der Waals surface area contributed by atoms with Crippen molar-refractivity contribution in [2.45, 2.75) is 16.9 Å². The quantitative estimate of drug-likeness (QED) is 0.442. The summed E-state index contributed by atoms with van der Waals surface area (Å²) < 4.78 is 10.6. The van der Waals surface area contributed by atoms with E-state index in [0.717, 1.165) is 4.90 Å². The molecular weight excluding hydrogens is 352 g/mol. The van der Waals surface area contributed by atoms with Gasteiger partial charge in [-0.25, -0.2) is 0 Å². The molecule has 0 aliphatic rings. The molecule has 2 aromatic heterocycles. The lowest BCUT2D eigenvalue weighted by Gasteiger charge is -1.97. The standard InChI is InChI=1S/C16H11ClN2O4S/c1-10-16(19(20)21)14(23-18-10)8-4-12-5-9-15(22-12)24-13-6-2-11(17)3-7-13/h2-9H,1H3/b8-4+. The Morgan fingerprint density at radius 2 is 1.96 bits per heavy atom. The molecule has 6 nitrogen and oxygen atoms in total. The summed E-state index contributed by atoms with van der Waals surface area (Å²) >= 11 is 7.30. The van der Waals surface area contributed by atoms with E-state index in [1.807, 2.05) is 18.2 Å². The number of aromatic nitrogens is 1. The Balaban J connectivity index is 1.74. The molecule has 0 fully saturated rings. The molecule has 8 heteroatoms. The Morgan fingerprint density at radius 1 is 1.21 bits per heavy atom. The molecule has 3 aromatic rings. The molecule has 3 rings (SSSR count). The summed E-state index contributed by atoms with van der Waals surface area (Å²) in [5.41, 5.74) is 0.0895. The van der Waals surface area contributed by atoms with Crippen LogP contribution in [0.15, 0.2) is 55.3 Å². The van der Waals surface area contributed by atoms with Crippen LogP contribution in [-0.4, -0.2) is 10.1 Å².